The number of pyridine rings is 1. The molecule has 0 unspecified atom stereocenters. The summed E-state index contributed by atoms with van der Waals surface area (Å²) in [5.41, 5.74) is 3.41. The molecule has 3 N–H and O–H groups in total. The predicted octanol–water partition coefficient (Wildman–Crippen LogP) is 6.14. The van der Waals surface area contributed by atoms with E-state index in [2.05, 4.69) is 22.5 Å². The second kappa shape index (κ2) is 16.4. The zero-order chi connectivity index (χ0) is 32.2. The highest BCUT2D eigenvalue weighted by molar-refractivity contribution is 8.13. The second-order valence-corrected chi connectivity index (χ2v) is 11.3. The first kappa shape index (κ1) is 33.2. The van der Waals surface area contributed by atoms with Crippen LogP contribution in [0.15, 0.2) is 66.9 Å². The normalized spacial score (nSPS) is 10.8. The molecule has 4 rings (SSSR count). The van der Waals surface area contributed by atoms with Crippen molar-refractivity contribution in [2.45, 2.75) is 46.1 Å². The zero-order valence-electron chi connectivity index (χ0n) is 25.8. The molecule has 0 saturated carbocycles. The van der Waals surface area contributed by atoms with Crippen molar-refractivity contribution in [1.82, 2.24) is 19.9 Å². The van der Waals surface area contributed by atoms with Gasteiger partial charge in [0.2, 0.25) is 0 Å². The lowest BCUT2D eigenvalue weighted by molar-refractivity contribution is -0.142. The second-order valence-electron chi connectivity index (χ2n) is 10.3. The van der Waals surface area contributed by atoms with E-state index in [0.717, 1.165) is 42.0 Å². The Morgan fingerprint density at radius 3 is 2.51 bits per heavy atom. The fraction of sp³-hybridized carbons (Fsp3) is 0.333. The zero-order valence-corrected chi connectivity index (χ0v) is 26.7. The Bertz CT molecular complexity index is 1620. The molecule has 0 bridgehead atoms. The molecular formula is C33H39N7O4S. The Hall–Kier alpha value is -4.71. The molecule has 0 aliphatic heterocycles. The van der Waals surface area contributed by atoms with Gasteiger partial charge in [0, 0.05) is 42.4 Å². The first-order chi connectivity index (χ1) is 21.8. The minimum Gasteiger partial charge on any atom is -0.466 e. The molecule has 0 spiro atoms. The molecule has 2 aromatic carbocycles. The summed E-state index contributed by atoms with van der Waals surface area (Å²) in [6.07, 6.45) is 4.83. The molecule has 4 aromatic rings. The summed E-state index contributed by atoms with van der Waals surface area (Å²) in [6.45, 7) is 4.70. The van der Waals surface area contributed by atoms with E-state index in [1.807, 2.05) is 29.8 Å². The van der Waals surface area contributed by atoms with E-state index in [-0.39, 0.29) is 42.5 Å². The first-order valence-corrected chi connectivity index (χ1v) is 16.0. The maximum Gasteiger partial charge on any atom is 0.307 e. The van der Waals surface area contributed by atoms with Gasteiger partial charge in [-0.1, -0.05) is 37.6 Å². The maximum atomic E-state index is 13.6. The number of carbonyl (C=O) groups is 3. The van der Waals surface area contributed by atoms with Gasteiger partial charge >= 0.3 is 5.97 Å². The summed E-state index contributed by atoms with van der Waals surface area (Å²) >= 11 is 1.21. The molecule has 2 aromatic heterocycles. The monoisotopic (exact) mass is 629 g/mol. The number of unbranched alkanes of at least 4 members (excludes halogenated alkanes) is 2. The highest BCUT2D eigenvalue weighted by atomic mass is 32.2. The van der Waals surface area contributed by atoms with Crippen molar-refractivity contribution in [3.63, 3.8) is 0 Å². The lowest BCUT2D eigenvalue weighted by Crippen LogP contribution is -2.34. The van der Waals surface area contributed by atoms with Gasteiger partial charge in [-0.2, -0.15) is 0 Å². The molecule has 2 amide bonds. The third kappa shape index (κ3) is 9.15. The SMILES string of the molecule is CCCCCSC(=O)NC(=N)c1ccc(NCc2nc3cc(C(=O)N(CCC(=O)OCC)c4ccccn4)ccc3n2C)cc1. The van der Waals surface area contributed by atoms with Crippen molar-refractivity contribution in [3.8, 4) is 0 Å². The third-order valence-corrected chi connectivity index (χ3v) is 7.93. The molecule has 0 aliphatic rings. The largest absolute Gasteiger partial charge is 0.466 e. The Morgan fingerprint density at radius 1 is 1.02 bits per heavy atom. The van der Waals surface area contributed by atoms with Gasteiger partial charge in [-0.25, -0.2) is 9.97 Å². The van der Waals surface area contributed by atoms with E-state index < -0.39 is 0 Å². The topological polar surface area (TPSA) is 142 Å². The van der Waals surface area contributed by atoms with Gasteiger partial charge in [-0.3, -0.25) is 24.7 Å². The molecule has 45 heavy (non-hydrogen) atoms. The third-order valence-electron chi connectivity index (χ3n) is 7.07. The van der Waals surface area contributed by atoms with E-state index in [1.165, 1.54) is 16.7 Å². The molecule has 0 radical (unpaired) electrons. The number of fused-ring (bicyclic) bond motifs is 1. The number of hydrogen-bond donors (Lipinski definition) is 3. The van der Waals surface area contributed by atoms with Gasteiger partial charge in [0.1, 0.15) is 17.5 Å². The van der Waals surface area contributed by atoms with Crippen LogP contribution < -0.4 is 15.5 Å². The average molecular weight is 630 g/mol. The van der Waals surface area contributed by atoms with Crippen LogP contribution in [-0.4, -0.2) is 56.4 Å². The van der Waals surface area contributed by atoms with Crippen LogP contribution in [0, 0.1) is 5.41 Å². The number of thioether (sulfide) groups is 1. The number of ether oxygens (including phenoxy) is 1. The van der Waals surface area contributed by atoms with E-state index in [9.17, 15) is 14.4 Å². The van der Waals surface area contributed by atoms with Gasteiger partial charge in [0.05, 0.1) is 30.6 Å². The number of nitrogens with one attached hydrogen (secondary N) is 3. The number of aromatic nitrogens is 3. The molecule has 12 heteroatoms. The van der Waals surface area contributed by atoms with E-state index in [4.69, 9.17) is 15.1 Å². The van der Waals surface area contributed by atoms with Crippen LogP contribution in [-0.2, 0) is 23.1 Å². The smallest absolute Gasteiger partial charge is 0.307 e. The van der Waals surface area contributed by atoms with Gasteiger partial charge in [-0.15, -0.1) is 0 Å². The number of aryl methyl sites for hydroxylation is 1. The van der Waals surface area contributed by atoms with Gasteiger partial charge in [-0.05, 0) is 67.9 Å². The van der Waals surface area contributed by atoms with Crippen molar-refractivity contribution in [2.75, 3.05) is 29.1 Å². The van der Waals surface area contributed by atoms with Crippen LogP contribution >= 0.6 is 11.8 Å². The van der Waals surface area contributed by atoms with Crippen molar-refractivity contribution in [2.24, 2.45) is 7.05 Å². The van der Waals surface area contributed by atoms with Crippen LogP contribution in [0.4, 0.5) is 16.3 Å². The summed E-state index contributed by atoms with van der Waals surface area (Å²) in [5, 5.41) is 14.0. The number of anilines is 2. The lowest BCUT2D eigenvalue weighted by atomic mass is 10.1. The quantitative estimate of drug-likeness (QED) is 0.0654. The van der Waals surface area contributed by atoms with Crippen LogP contribution in [0.3, 0.4) is 0 Å². The first-order valence-electron chi connectivity index (χ1n) is 15.0. The van der Waals surface area contributed by atoms with Gasteiger partial charge in [0.15, 0.2) is 0 Å². The molecule has 236 valence electrons. The number of nitrogens with zero attached hydrogens (tertiary/aromatic N) is 4. The van der Waals surface area contributed by atoms with E-state index in [1.54, 1.807) is 55.6 Å². The Balaban J connectivity index is 1.40. The molecule has 0 fully saturated rings. The summed E-state index contributed by atoms with van der Waals surface area (Å²) < 4.78 is 7.01. The van der Waals surface area contributed by atoms with Crippen LogP contribution in [0.2, 0.25) is 0 Å². The van der Waals surface area contributed by atoms with Crippen molar-refractivity contribution in [3.05, 3.63) is 83.8 Å². The van der Waals surface area contributed by atoms with Crippen molar-refractivity contribution >= 4 is 57.3 Å². The molecule has 2 heterocycles. The molecule has 0 atom stereocenters. The molecule has 0 aliphatic carbocycles. The Labute approximate surface area is 267 Å². The molecule has 11 nitrogen and oxygen atoms in total. The summed E-state index contributed by atoms with van der Waals surface area (Å²) in [4.78, 5) is 48.3. The number of carbonyl (C=O) groups excluding carboxylic acids is 3. The maximum absolute atomic E-state index is 13.6. The van der Waals surface area contributed by atoms with Crippen LogP contribution in [0.5, 0.6) is 0 Å². The lowest BCUT2D eigenvalue weighted by Gasteiger charge is -2.21. The Morgan fingerprint density at radius 2 is 1.80 bits per heavy atom. The summed E-state index contributed by atoms with van der Waals surface area (Å²) in [7, 11) is 1.92. The minimum absolute atomic E-state index is 0.0484. The van der Waals surface area contributed by atoms with Gasteiger partial charge in [0.25, 0.3) is 11.1 Å². The minimum atomic E-state index is -0.379. The number of benzene rings is 2. The fourth-order valence-corrected chi connectivity index (χ4v) is 5.34. The highest BCUT2D eigenvalue weighted by Crippen LogP contribution is 2.21. The predicted molar refractivity (Wildman–Crippen MR) is 179 cm³/mol. The molecule has 0 saturated heterocycles. The number of amides is 2. The number of esters is 1. The van der Waals surface area contributed by atoms with Crippen molar-refractivity contribution in [1.29, 1.82) is 5.41 Å². The summed E-state index contributed by atoms with van der Waals surface area (Å²) in [6, 6.07) is 17.9. The molecular weight excluding hydrogens is 590 g/mol. The number of hydrogen-bond acceptors (Lipinski definition) is 9. The Kier molecular flexibility index (Phi) is 12.1. The van der Waals surface area contributed by atoms with E-state index >= 15 is 0 Å². The fourth-order valence-electron chi connectivity index (χ4n) is 4.63. The number of rotatable bonds is 14. The van der Waals surface area contributed by atoms with E-state index in [0.29, 0.717) is 29.0 Å². The van der Waals surface area contributed by atoms with Crippen molar-refractivity contribution < 1.29 is 19.1 Å². The van der Waals surface area contributed by atoms with Crippen LogP contribution in [0.1, 0.15) is 61.3 Å². The number of amidine groups is 1. The van der Waals surface area contributed by atoms with Crippen LogP contribution in [0.25, 0.3) is 11.0 Å². The average Bonchev–Trinajstić information content (AvgIpc) is 3.37. The standard InChI is InChI=1S/C33H39N7O4S/c1-4-6-9-20-45-33(43)38-31(34)23-11-14-25(15-12-23)36-22-29-37-26-21-24(13-16-27(26)39(29)3)32(42)40(19-17-30(41)44-5-2)28-10-7-8-18-35-28/h7-8,10-16,18,21,36H,4-6,9,17,19-20,22H2,1-3H3,(H2,34,38,43). The number of imidazole rings is 1. The summed E-state index contributed by atoms with van der Waals surface area (Å²) in [5.74, 6) is 1.36. The highest BCUT2D eigenvalue weighted by Gasteiger charge is 2.21. The van der Waals surface area contributed by atoms with Gasteiger partial charge < -0.3 is 19.9 Å².